The maximum Gasteiger partial charge on any atom is 0.175 e. The van der Waals surface area contributed by atoms with Gasteiger partial charge in [-0.2, -0.15) is 11.3 Å². The van der Waals surface area contributed by atoms with Crippen LogP contribution in [0.2, 0.25) is 0 Å². The smallest absolute Gasteiger partial charge is 0.175 e. The van der Waals surface area contributed by atoms with E-state index in [1.54, 1.807) is 35.6 Å². The van der Waals surface area contributed by atoms with Crippen LogP contribution in [0.5, 0.6) is 0 Å². The Bertz CT molecular complexity index is 887. The highest BCUT2D eigenvalue weighted by Crippen LogP contribution is 2.21. The molecule has 2 heterocycles. The van der Waals surface area contributed by atoms with Gasteiger partial charge in [0.15, 0.2) is 9.84 Å². The molecule has 3 rings (SSSR count). The van der Waals surface area contributed by atoms with Gasteiger partial charge >= 0.3 is 0 Å². The number of rotatable bonds is 5. The van der Waals surface area contributed by atoms with Crippen LogP contribution < -0.4 is 5.32 Å². The largest absolute Gasteiger partial charge is 0.366 e. The van der Waals surface area contributed by atoms with Gasteiger partial charge in [-0.25, -0.2) is 13.4 Å². The third-order valence-electron chi connectivity index (χ3n) is 3.38. The fourth-order valence-corrected chi connectivity index (χ4v) is 3.45. The van der Waals surface area contributed by atoms with Crippen molar-refractivity contribution in [1.29, 1.82) is 0 Å². The molecule has 6 heteroatoms. The molecule has 4 nitrogen and oxygen atoms in total. The van der Waals surface area contributed by atoms with Gasteiger partial charge in [0, 0.05) is 18.4 Å². The van der Waals surface area contributed by atoms with Gasteiger partial charge in [-0.05, 0) is 46.7 Å². The van der Waals surface area contributed by atoms with E-state index in [4.69, 9.17) is 0 Å². The minimum atomic E-state index is -3.18. The van der Waals surface area contributed by atoms with Gasteiger partial charge in [0.1, 0.15) is 5.82 Å². The molecule has 0 spiro atoms. The van der Waals surface area contributed by atoms with Crippen molar-refractivity contribution in [3.63, 3.8) is 0 Å². The van der Waals surface area contributed by atoms with Crippen LogP contribution in [0, 0.1) is 0 Å². The normalized spacial score (nSPS) is 11.3. The number of hydrogen-bond donors (Lipinski definition) is 1. The Morgan fingerprint density at radius 3 is 2.52 bits per heavy atom. The van der Waals surface area contributed by atoms with Crippen LogP contribution in [0.3, 0.4) is 0 Å². The zero-order valence-corrected chi connectivity index (χ0v) is 14.2. The predicted octanol–water partition coefficient (Wildman–Crippen LogP) is 3.83. The van der Waals surface area contributed by atoms with E-state index in [1.807, 2.05) is 23.6 Å². The second kappa shape index (κ2) is 6.52. The molecular weight excluding hydrogens is 328 g/mol. The third kappa shape index (κ3) is 3.97. The van der Waals surface area contributed by atoms with Crippen molar-refractivity contribution in [2.24, 2.45) is 0 Å². The zero-order chi connectivity index (χ0) is 16.3. The average molecular weight is 344 g/mol. The van der Waals surface area contributed by atoms with Crippen molar-refractivity contribution in [1.82, 2.24) is 4.98 Å². The maximum atomic E-state index is 11.5. The Labute approximate surface area is 139 Å². The molecule has 0 bridgehead atoms. The van der Waals surface area contributed by atoms with Gasteiger partial charge < -0.3 is 5.32 Å². The second-order valence-electron chi connectivity index (χ2n) is 5.19. The second-order valence-corrected chi connectivity index (χ2v) is 7.99. The number of thiophene rings is 1. The first kappa shape index (κ1) is 15.7. The number of hydrogen-bond acceptors (Lipinski definition) is 5. The lowest BCUT2D eigenvalue weighted by Gasteiger charge is -2.07. The topological polar surface area (TPSA) is 59.1 Å². The van der Waals surface area contributed by atoms with E-state index in [1.165, 1.54) is 11.8 Å². The molecule has 0 radical (unpaired) electrons. The highest BCUT2D eigenvalue weighted by molar-refractivity contribution is 7.90. The minimum Gasteiger partial charge on any atom is -0.366 e. The van der Waals surface area contributed by atoms with E-state index in [2.05, 4.69) is 21.7 Å². The van der Waals surface area contributed by atoms with E-state index in [9.17, 15) is 8.42 Å². The van der Waals surface area contributed by atoms with Crippen LogP contribution in [0.15, 0.2) is 64.2 Å². The molecule has 23 heavy (non-hydrogen) atoms. The molecule has 3 aromatic rings. The number of aromatic nitrogens is 1. The Kier molecular flexibility index (Phi) is 4.45. The first-order chi connectivity index (χ1) is 11.0. The summed E-state index contributed by atoms with van der Waals surface area (Å²) in [7, 11) is -3.18. The first-order valence-electron chi connectivity index (χ1n) is 7.05. The Balaban J connectivity index is 1.79. The lowest BCUT2D eigenvalue weighted by atomic mass is 10.1. The molecule has 1 N–H and O–H groups in total. The molecule has 0 fully saturated rings. The van der Waals surface area contributed by atoms with E-state index in [-0.39, 0.29) is 0 Å². The Hall–Kier alpha value is -2.18. The monoisotopic (exact) mass is 344 g/mol. The van der Waals surface area contributed by atoms with Crippen LogP contribution in [0.1, 0.15) is 5.56 Å². The summed E-state index contributed by atoms with van der Waals surface area (Å²) in [5, 5.41) is 7.44. The maximum absolute atomic E-state index is 11.5. The molecule has 0 aliphatic carbocycles. The van der Waals surface area contributed by atoms with Crippen molar-refractivity contribution < 1.29 is 8.42 Å². The number of nitrogens with zero attached hydrogens (tertiary/aromatic N) is 1. The van der Waals surface area contributed by atoms with Crippen molar-refractivity contribution >= 4 is 27.0 Å². The summed E-state index contributed by atoms with van der Waals surface area (Å²) in [4.78, 5) is 4.89. The van der Waals surface area contributed by atoms with Gasteiger partial charge in [0.2, 0.25) is 0 Å². The van der Waals surface area contributed by atoms with Gasteiger partial charge in [0.05, 0.1) is 10.6 Å². The predicted molar refractivity (Wildman–Crippen MR) is 94.4 cm³/mol. The highest BCUT2D eigenvalue weighted by Gasteiger charge is 2.07. The van der Waals surface area contributed by atoms with Crippen LogP contribution in [0.4, 0.5) is 5.82 Å². The van der Waals surface area contributed by atoms with E-state index in [0.29, 0.717) is 4.90 Å². The summed E-state index contributed by atoms with van der Waals surface area (Å²) in [6.45, 7) is 0.729. The molecule has 118 valence electrons. The molecule has 2 aromatic heterocycles. The lowest BCUT2D eigenvalue weighted by Crippen LogP contribution is -2.01. The van der Waals surface area contributed by atoms with Gasteiger partial charge in [-0.1, -0.05) is 18.2 Å². The fourth-order valence-electron chi connectivity index (χ4n) is 2.15. The van der Waals surface area contributed by atoms with Crippen LogP contribution >= 0.6 is 11.3 Å². The van der Waals surface area contributed by atoms with Gasteiger partial charge in [0.25, 0.3) is 0 Å². The number of benzene rings is 1. The average Bonchev–Trinajstić information content (AvgIpc) is 3.06. The van der Waals surface area contributed by atoms with Crippen LogP contribution in [0.25, 0.3) is 11.3 Å². The van der Waals surface area contributed by atoms with E-state index < -0.39 is 9.84 Å². The molecule has 0 unspecified atom stereocenters. The SMILES string of the molecule is CS(=O)(=O)c1ccc(-c2cccc(NCc3ccsc3)n2)cc1. The molecular formula is C17H16N2O2S2. The molecule has 0 saturated heterocycles. The van der Waals surface area contributed by atoms with Crippen molar-refractivity contribution in [3.05, 3.63) is 64.9 Å². The standard InChI is InChI=1S/C17H16N2O2S2/c1-23(20,21)15-7-5-14(6-8-15)16-3-2-4-17(19-16)18-11-13-9-10-22-12-13/h2-10,12H,11H2,1H3,(H,18,19). The molecule has 0 saturated carbocycles. The van der Waals surface area contributed by atoms with Crippen LogP contribution in [-0.2, 0) is 16.4 Å². The Morgan fingerprint density at radius 2 is 1.87 bits per heavy atom. The van der Waals surface area contributed by atoms with Crippen molar-refractivity contribution in [2.75, 3.05) is 11.6 Å². The number of sulfone groups is 1. The summed E-state index contributed by atoms with van der Waals surface area (Å²) in [5.41, 5.74) is 2.91. The van der Waals surface area contributed by atoms with Crippen molar-refractivity contribution in [2.45, 2.75) is 11.4 Å². The van der Waals surface area contributed by atoms with E-state index >= 15 is 0 Å². The van der Waals surface area contributed by atoms with Gasteiger partial charge in [-0.15, -0.1) is 0 Å². The van der Waals surface area contributed by atoms with Gasteiger partial charge in [-0.3, -0.25) is 0 Å². The summed E-state index contributed by atoms with van der Waals surface area (Å²) < 4.78 is 23.0. The number of nitrogens with one attached hydrogen (secondary N) is 1. The van der Waals surface area contributed by atoms with Crippen molar-refractivity contribution in [3.8, 4) is 11.3 Å². The molecule has 1 aromatic carbocycles. The summed E-state index contributed by atoms with van der Waals surface area (Å²) in [6, 6.07) is 14.6. The number of pyridine rings is 1. The van der Waals surface area contributed by atoms with E-state index in [0.717, 1.165) is 23.6 Å². The minimum absolute atomic E-state index is 0.313. The third-order valence-corrected chi connectivity index (χ3v) is 5.24. The molecule has 0 atom stereocenters. The zero-order valence-electron chi connectivity index (χ0n) is 12.6. The summed E-state index contributed by atoms with van der Waals surface area (Å²) in [6.07, 6.45) is 1.20. The summed E-state index contributed by atoms with van der Waals surface area (Å²) in [5.74, 6) is 0.792. The summed E-state index contributed by atoms with van der Waals surface area (Å²) >= 11 is 1.67. The fraction of sp³-hybridized carbons (Fsp3) is 0.118. The lowest BCUT2D eigenvalue weighted by molar-refractivity contribution is 0.602. The molecule has 0 amide bonds. The first-order valence-corrected chi connectivity index (χ1v) is 9.88. The quantitative estimate of drug-likeness (QED) is 0.764. The Morgan fingerprint density at radius 1 is 1.09 bits per heavy atom. The molecule has 0 aliphatic rings. The highest BCUT2D eigenvalue weighted by atomic mass is 32.2. The van der Waals surface area contributed by atoms with Crippen LogP contribution in [-0.4, -0.2) is 19.7 Å². The number of anilines is 1. The molecule has 0 aliphatic heterocycles.